The number of nitrogens with one attached hydrogen (secondary N) is 1. The van der Waals surface area contributed by atoms with Crippen LogP contribution >= 0.6 is 15.9 Å². The highest BCUT2D eigenvalue weighted by Crippen LogP contribution is 2.37. The minimum atomic E-state index is -4.34. The van der Waals surface area contributed by atoms with Gasteiger partial charge < -0.3 is 5.32 Å². The Bertz CT molecular complexity index is 387. The monoisotopic (exact) mass is 327 g/mol. The fraction of sp³-hybridized carbons (Fsp3) is 0.727. The number of hydrogen-bond donors (Lipinski definition) is 1. The van der Waals surface area contributed by atoms with Crippen LogP contribution in [0.4, 0.5) is 13.2 Å². The summed E-state index contributed by atoms with van der Waals surface area (Å²) in [6, 6.07) is -1.82. The first kappa shape index (κ1) is 15.5. The molecule has 0 aliphatic heterocycles. The predicted molar refractivity (Wildman–Crippen MR) is 67.4 cm³/mol. The molecule has 0 fully saturated rings. The van der Waals surface area contributed by atoms with Crippen molar-refractivity contribution in [3.63, 3.8) is 0 Å². The van der Waals surface area contributed by atoms with Gasteiger partial charge in [0.25, 0.3) is 0 Å². The molecule has 0 spiro atoms. The zero-order chi connectivity index (χ0) is 13.9. The quantitative estimate of drug-likeness (QED) is 0.890. The van der Waals surface area contributed by atoms with E-state index in [0.717, 1.165) is 0 Å². The van der Waals surface area contributed by atoms with Gasteiger partial charge in [-0.25, -0.2) is 0 Å². The molecule has 1 atom stereocenters. The van der Waals surface area contributed by atoms with Gasteiger partial charge in [0.1, 0.15) is 6.04 Å². The molecule has 18 heavy (non-hydrogen) atoms. The summed E-state index contributed by atoms with van der Waals surface area (Å²) in [5.41, 5.74) is 0.131. The van der Waals surface area contributed by atoms with Gasteiger partial charge in [-0.1, -0.05) is 6.92 Å². The molecule has 3 nitrogen and oxygen atoms in total. The number of nitrogens with zero attached hydrogens (tertiary/aromatic N) is 2. The van der Waals surface area contributed by atoms with Gasteiger partial charge in [0.05, 0.1) is 16.4 Å². The Hall–Kier alpha value is -0.560. The molecule has 1 aromatic rings. The second kappa shape index (κ2) is 6.06. The fourth-order valence-corrected chi connectivity index (χ4v) is 2.19. The molecule has 0 saturated heterocycles. The largest absolute Gasteiger partial charge is 0.409 e. The van der Waals surface area contributed by atoms with E-state index in [9.17, 15) is 13.2 Å². The van der Waals surface area contributed by atoms with Crippen LogP contribution in [0, 0.1) is 0 Å². The van der Waals surface area contributed by atoms with E-state index >= 15 is 0 Å². The van der Waals surface area contributed by atoms with Gasteiger partial charge >= 0.3 is 6.18 Å². The molecular weight excluding hydrogens is 311 g/mol. The van der Waals surface area contributed by atoms with Crippen LogP contribution < -0.4 is 5.32 Å². The maximum absolute atomic E-state index is 13.1. The molecule has 1 rings (SSSR count). The van der Waals surface area contributed by atoms with E-state index in [1.807, 2.05) is 6.92 Å². The summed E-state index contributed by atoms with van der Waals surface area (Å²) in [6.45, 7) is 5.74. The van der Waals surface area contributed by atoms with Gasteiger partial charge in [-0.05, 0) is 42.7 Å². The highest BCUT2D eigenvalue weighted by Gasteiger charge is 2.43. The molecule has 1 N–H and O–H groups in total. The standard InChI is InChI=1S/C11H17BrF3N3/c1-4-5-16-10(11(13,14)15)9-8(12)6-17-18(9)7(2)3/h6-7,10,16H,4-5H2,1-3H3. The first-order valence-electron chi connectivity index (χ1n) is 5.82. The summed E-state index contributed by atoms with van der Waals surface area (Å²) in [5.74, 6) is 0. The van der Waals surface area contributed by atoms with Gasteiger partial charge in [0, 0.05) is 6.04 Å². The van der Waals surface area contributed by atoms with E-state index in [1.54, 1.807) is 13.8 Å². The van der Waals surface area contributed by atoms with Gasteiger partial charge in [0.15, 0.2) is 0 Å². The van der Waals surface area contributed by atoms with Gasteiger partial charge in [-0.3, -0.25) is 4.68 Å². The van der Waals surface area contributed by atoms with E-state index in [1.165, 1.54) is 10.9 Å². The zero-order valence-electron chi connectivity index (χ0n) is 10.6. The zero-order valence-corrected chi connectivity index (χ0v) is 12.1. The van der Waals surface area contributed by atoms with E-state index in [2.05, 4.69) is 26.3 Å². The first-order valence-corrected chi connectivity index (χ1v) is 6.61. The van der Waals surface area contributed by atoms with Crippen molar-refractivity contribution in [3.8, 4) is 0 Å². The molecule has 0 amide bonds. The van der Waals surface area contributed by atoms with Crippen molar-refractivity contribution >= 4 is 15.9 Å². The van der Waals surface area contributed by atoms with Gasteiger partial charge in [0.2, 0.25) is 0 Å². The average Bonchev–Trinajstić information content (AvgIpc) is 2.59. The lowest BCUT2D eigenvalue weighted by Gasteiger charge is -2.24. The summed E-state index contributed by atoms with van der Waals surface area (Å²) in [4.78, 5) is 0. The molecule has 1 aromatic heterocycles. The molecule has 7 heteroatoms. The third-order valence-corrected chi connectivity index (χ3v) is 3.09. The summed E-state index contributed by atoms with van der Waals surface area (Å²) in [5, 5.41) is 6.52. The summed E-state index contributed by atoms with van der Waals surface area (Å²) >= 11 is 3.15. The Labute approximate surface area is 113 Å². The SMILES string of the molecule is CCCNC(c1c(Br)cnn1C(C)C)C(F)(F)F. The van der Waals surface area contributed by atoms with Crippen molar-refractivity contribution in [2.24, 2.45) is 0 Å². The normalized spacial score (nSPS) is 14.2. The average molecular weight is 328 g/mol. The molecule has 0 bridgehead atoms. The first-order chi connectivity index (χ1) is 8.29. The maximum atomic E-state index is 13.1. The van der Waals surface area contributed by atoms with Crippen LogP contribution in [0.1, 0.15) is 45.0 Å². The number of aromatic nitrogens is 2. The Morgan fingerprint density at radius 1 is 1.44 bits per heavy atom. The van der Waals surface area contributed by atoms with Crippen LogP contribution in [-0.2, 0) is 0 Å². The van der Waals surface area contributed by atoms with Crippen LogP contribution in [0.15, 0.2) is 10.7 Å². The lowest BCUT2D eigenvalue weighted by atomic mass is 10.2. The van der Waals surface area contributed by atoms with Crippen molar-refractivity contribution in [1.82, 2.24) is 15.1 Å². The Morgan fingerprint density at radius 2 is 2.06 bits per heavy atom. The topological polar surface area (TPSA) is 29.9 Å². The smallest absolute Gasteiger partial charge is 0.301 e. The number of hydrogen-bond acceptors (Lipinski definition) is 2. The van der Waals surface area contributed by atoms with Gasteiger partial charge in [-0.2, -0.15) is 18.3 Å². The molecule has 0 aliphatic rings. The van der Waals surface area contributed by atoms with Crippen LogP contribution in [0.5, 0.6) is 0 Å². The molecule has 0 aliphatic carbocycles. The Morgan fingerprint density at radius 3 is 2.50 bits per heavy atom. The number of halogens is 4. The molecule has 1 heterocycles. The van der Waals surface area contributed by atoms with Crippen molar-refractivity contribution in [1.29, 1.82) is 0 Å². The van der Waals surface area contributed by atoms with E-state index in [-0.39, 0.29) is 11.7 Å². The van der Waals surface area contributed by atoms with E-state index < -0.39 is 12.2 Å². The van der Waals surface area contributed by atoms with Gasteiger partial charge in [-0.15, -0.1) is 0 Å². The van der Waals surface area contributed by atoms with E-state index in [0.29, 0.717) is 17.4 Å². The molecule has 0 aromatic carbocycles. The predicted octanol–water partition coefficient (Wildman–Crippen LogP) is 3.83. The van der Waals surface area contributed by atoms with Crippen LogP contribution in [0.2, 0.25) is 0 Å². The summed E-state index contributed by atoms with van der Waals surface area (Å²) in [7, 11) is 0. The second-order valence-corrected chi connectivity index (χ2v) is 5.20. The Kier molecular flexibility index (Phi) is 5.21. The summed E-state index contributed by atoms with van der Waals surface area (Å²) in [6.07, 6.45) is -2.30. The van der Waals surface area contributed by atoms with Crippen LogP contribution in [-0.4, -0.2) is 22.5 Å². The third-order valence-electron chi connectivity index (χ3n) is 2.48. The van der Waals surface area contributed by atoms with Crippen molar-refractivity contribution in [2.45, 2.75) is 45.5 Å². The second-order valence-electron chi connectivity index (χ2n) is 4.34. The highest BCUT2D eigenvalue weighted by molar-refractivity contribution is 9.10. The van der Waals surface area contributed by atoms with Crippen LogP contribution in [0.3, 0.4) is 0 Å². The summed E-state index contributed by atoms with van der Waals surface area (Å²) < 4.78 is 41.1. The Balaban J connectivity index is 3.16. The molecule has 0 saturated carbocycles. The number of rotatable bonds is 5. The van der Waals surface area contributed by atoms with Crippen molar-refractivity contribution < 1.29 is 13.2 Å². The molecule has 104 valence electrons. The molecular formula is C11H17BrF3N3. The molecule has 0 radical (unpaired) electrons. The maximum Gasteiger partial charge on any atom is 0.409 e. The minimum Gasteiger partial charge on any atom is -0.301 e. The minimum absolute atomic E-state index is 0.125. The fourth-order valence-electron chi connectivity index (χ4n) is 1.69. The highest BCUT2D eigenvalue weighted by atomic mass is 79.9. The van der Waals surface area contributed by atoms with Crippen molar-refractivity contribution in [2.75, 3.05) is 6.54 Å². The van der Waals surface area contributed by atoms with E-state index in [4.69, 9.17) is 0 Å². The lowest BCUT2D eigenvalue weighted by Crippen LogP contribution is -2.36. The molecule has 1 unspecified atom stereocenters. The number of alkyl halides is 3. The third kappa shape index (κ3) is 3.47. The van der Waals surface area contributed by atoms with Crippen LogP contribution in [0.25, 0.3) is 0 Å². The lowest BCUT2D eigenvalue weighted by molar-refractivity contribution is -0.159. The van der Waals surface area contributed by atoms with Crippen molar-refractivity contribution in [3.05, 3.63) is 16.4 Å².